The predicted octanol–water partition coefficient (Wildman–Crippen LogP) is 1.23. The van der Waals surface area contributed by atoms with E-state index in [0.29, 0.717) is 32.5 Å². The quantitative estimate of drug-likeness (QED) is 0.853. The summed E-state index contributed by atoms with van der Waals surface area (Å²) < 4.78 is 5.24. The van der Waals surface area contributed by atoms with Crippen LogP contribution < -0.4 is 5.32 Å². The Kier molecular flexibility index (Phi) is 5.51. The molecule has 0 radical (unpaired) electrons. The third kappa shape index (κ3) is 4.98. The van der Waals surface area contributed by atoms with Crippen LogP contribution in [0, 0.1) is 6.92 Å². The van der Waals surface area contributed by atoms with Crippen molar-refractivity contribution in [3.63, 3.8) is 0 Å². The molecule has 2 amide bonds. The summed E-state index contributed by atoms with van der Waals surface area (Å²) in [6, 6.07) is -0.112. The van der Waals surface area contributed by atoms with Gasteiger partial charge < -0.3 is 20.1 Å². The van der Waals surface area contributed by atoms with Crippen molar-refractivity contribution in [3.05, 3.63) is 16.1 Å². The van der Waals surface area contributed by atoms with E-state index in [4.69, 9.17) is 9.84 Å². The first kappa shape index (κ1) is 15.7. The van der Waals surface area contributed by atoms with Crippen molar-refractivity contribution in [2.75, 3.05) is 19.7 Å². The lowest BCUT2D eigenvalue weighted by atomic mass is 10.1. The van der Waals surface area contributed by atoms with Crippen LogP contribution in [0.2, 0.25) is 0 Å². The lowest BCUT2D eigenvalue weighted by molar-refractivity contribution is -0.145. The first-order valence-electron chi connectivity index (χ1n) is 6.82. The third-order valence-electron chi connectivity index (χ3n) is 3.23. The van der Waals surface area contributed by atoms with Crippen LogP contribution in [0.15, 0.2) is 5.38 Å². The minimum atomic E-state index is -0.964. The van der Waals surface area contributed by atoms with Gasteiger partial charge in [0.15, 0.2) is 0 Å². The molecule has 1 aromatic heterocycles. The standard InChI is InChI=1S/C13H19N3O4S/c1-9-8-21-11(15-9)6-14-13(19)16-4-2-10(3-5-16)20-7-12(17)18/h8,10H,2-7H2,1H3,(H,14,19)(H,17,18). The number of carbonyl (C=O) groups excluding carboxylic acids is 1. The van der Waals surface area contributed by atoms with Gasteiger partial charge in [-0.3, -0.25) is 0 Å². The Balaban J connectivity index is 1.69. The van der Waals surface area contributed by atoms with Gasteiger partial charge in [0.25, 0.3) is 0 Å². The summed E-state index contributed by atoms with van der Waals surface area (Å²) >= 11 is 1.53. The number of hydrogen-bond donors (Lipinski definition) is 2. The number of thiazole rings is 1. The van der Waals surface area contributed by atoms with Crippen LogP contribution in [0.1, 0.15) is 23.5 Å². The van der Waals surface area contributed by atoms with Crippen molar-refractivity contribution in [2.45, 2.75) is 32.4 Å². The van der Waals surface area contributed by atoms with E-state index < -0.39 is 5.97 Å². The van der Waals surface area contributed by atoms with Gasteiger partial charge in [0.05, 0.1) is 12.6 Å². The number of hydrogen-bond acceptors (Lipinski definition) is 5. The maximum atomic E-state index is 12.0. The fraction of sp³-hybridized carbons (Fsp3) is 0.615. The van der Waals surface area contributed by atoms with E-state index in [1.54, 1.807) is 4.90 Å². The van der Waals surface area contributed by atoms with Crippen LogP contribution in [0.4, 0.5) is 4.79 Å². The molecule has 2 rings (SSSR count). The highest BCUT2D eigenvalue weighted by atomic mass is 32.1. The Labute approximate surface area is 126 Å². The van der Waals surface area contributed by atoms with Gasteiger partial charge in [-0.15, -0.1) is 11.3 Å². The molecule has 0 spiro atoms. The molecule has 1 aliphatic heterocycles. The highest BCUT2D eigenvalue weighted by molar-refractivity contribution is 7.09. The monoisotopic (exact) mass is 313 g/mol. The Hall–Kier alpha value is -1.67. The summed E-state index contributed by atoms with van der Waals surface area (Å²) in [4.78, 5) is 28.5. The van der Waals surface area contributed by atoms with Crippen LogP contribution in [0.25, 0.3) is 0 Å². The topological polar surface area (TPSA) is 91.8 Å². The normalized spacial score (nSPS) is 16.0. The van der Waals surface area contributed by atoms with E-state index >= 15 is 0 Å². The molecule has 0 atom stereocenters. The molecular formula is C13H19N3O4S. The number of ether oxygens (including phenoxy) is 1. The molecule has 7 nitrogen and oxygen atoms in total. The van der Waals surface area contributed by atoms with Gasteiger partial charge in [-0.1, -0.05) is 0 Å². The second kappa shape index (κ2) is 7.37. The Morgan fingerprint density at radius 3 is 2.81 bits per heavy atom. The minimum Gasteiger partial charge on any atom is -0.480 e. The zero-order valence-electron chi connectivity index (χ0n) is 11.9. The number of aliphatic carboxylic acids is 1. The van der Waals surface area contributed by atoms with Gasteiger partial charge in [0.1, 0.15) is 11.6 Å². The molecule has 2 heterocycles. The molecule has 0 aliphatic carbocycles. The first-order valence-corrected chi connectivity index (χ1v) is 7.69. The molecule has 2 N–H and O–H groups in total. The van der Waals surface area contributed by atoms with Gasteiger partial charge in [-0.25, -0.2) is 14.6 Å². The Bertz CT molecular complexity index is 497. The fourth-order valence-corrected chi connectivity index (χ4v) is 2.87. The number of nitrogens with one attached hydrogen (secondary N) is 1. The molecule has 21 heavy (non-hydrogen) atoms. The molecule has 8 heteroatoms. The maximum Gasteiger partial charge on any atom is 0.329 e. The second-order valence-corrected chi connectivity index (χ2v) is 5.88. The fourth-order valence-electron chi connectivity index (χ4n) is 2.16. The average Bonchev–Trinajstić information content (AvgIpc) is 2.89. The van der Waals surface area contributed by atoms with Gasteiger partial charge in [-0.2, -0.15) is 0 Å². The van der Waals surface area contributed by atoms with E-state index in [1.807, 2.05) is 12.3 Å². The molecule has 1 aliphatic rings. The van der Waals surface area contributed by atoms with Gasteiger partial charge in [0, 0.05) is 24.2 Å². The lowest BCUT2D eigenvalue weighted by Gasteiger charge is -2.31. The SMILES string of the molecule is Cc1csc(CNC(=O)N2CCC(OCC(=O)O)CC2)n1. The van der Waals surface area contributed by atoms with Gasteiger partial charge in [-0.05, 0) is 19.8 Å². The van der Waals surface area contributed by atoms with Gasteiger partial charge >= 0.3 is 12.0 Å². The number of carboxylic acid groups (broad SMARTS) is 1. The van der Waals surface area contributed by atoms with Crippen molar-refractivity contribution in [1.82, 2.24) is 15.2 Å². The number of amides is 2. The van der Waals surface area contributed by atoms with Crippen LogP contribution in [0.5, 0.6) is 0 Å². The number of urea groups is 1. The lowest BCUT2D eigenvalue weighted by Crippen LogP contribution is -2.45. The summed E-state index contributed by atoms with van der Waals surface area (Å²) in [5.41, 5.74) is 0.959. The number of likely N-dealkylation sites (tertiary alicyclic amines) is 1. The zero-order valence-corrected chi connectivity index (χ0v) is 12.7. The maximum absolute atomic E-state index is 12.0. The van der Waals surface area contributed by atoms with Crippen LogP contribution in [-0.2, 0) is 16.1 Å². The van der Waals surface area contributed by atoms with Crippen molar-refractivity contribution in [1.29, 1.82) is 0 Å². The van der Waals surface area contributed by atoms with Gasteiger partial charge in [0.2, 0.25) is 0 Å². The number of piperidine rings is 1. The first-order chi connectivity index (χ1) is 10.0. The average molecular weight is 313 g/mol. The number of nitrogens with zero attached hydrogens (tertiary/aromatic N) is 2. The summed E-state index contributed by atoms with van der Waals surface area (Å²) in [7, 11) is 0. The van der Waals surface area contributed by atoms with E-state index in [1.165, 1.54) is 11.3 Å². The Morgan fingerprint density at radius 1 is 1.52 bits per heavy atom. The summed E-state index contributed by atoms with van der Waals surface area (Å²) in [6.07, 6.45) is 1.25. The summed E-state index contributed by atoms with van der Waals surface area (Å²) in [5.74, 6) is -0.964. The van der Waals surface area contributed by atoms with E-state index in [9.17, 15) is 9.59 Å². The molecule has 0 aromatic carbocycles. The highest BCUT2D eigenvalue weighted by Crippen LogP contribution is 2.14. The molecule has 1 fully saturated rings. The molecule has 0 saturated carbocycles. The number of aromatic nitrogens is 1. The van der Waals surface area contributed by atoms with E-state index in [2.05, 4.69) is 10.3 Å². The number of aryl methyl sites for hydroxylation is 1. The summed E-state index contributed by atoms with van der Waals surface area (Å²) in [5, 5.41) is 14.2. The second-order valence-electron chi connectivity index (χ2n) is 4.93. The van der Waals surface area contributed by atoms with Crippen LogP contribution in [0.3, 0.4) is 0 Å². The smallest absolute Gasteiger partial charge is 0.329 e. The van der Waals surface area contributed by atoms with Crippen LogP contribution >= 0.6 is 11.3 Å². The van der Waals surface area contributed by atoms with Crippen LogP contribution in [-0.4, -0.2) is 52.8 Å². The molecular weight excluding hydrogens is 294 g/mol. The summed E-state index contributed by atoms with van der Waals surface area (Å²) in [6.45, 7) is 3.23. The van der Waals surface area contributed by atoms with Crippen molar-refractivity contribution in [2.24, 2.45) is 0 Å². The Morgan fingerprint density at radius 2 is 2.24 bits per heavy atom. The minimum absolute atomic E-state index is 0.0771. The van der Waals surface area contributed by atoms with Crippen molar-refractivity contribution < 1.29 is 19.4 Å². The third-order valence-corrected chi connectivity index (χ3v) is 4.20. The van der Waals surface area contributed by atoms with Crippen molar-refractivity contribution in [3.8, 4) is 0 Å². The number of carbonyl (C=O) groups is 2. The number of carboxylic acids is 1. The predicted molar refractivity (Wildman–Crippen MR) is 77.3 cm³/mol. The molecule has 1 aromatic rings. The highest BCUT2D eigenvalue weighted by Gasteiger charge is 2.23. The molecule has 116 valence electrons. The van der Waals surface area contributed by atoms with E-state index in [-0.39, 0.29) is 18.7 Å². The number of rotatable bonds is 5. The van der Waals surface area contributed by atoms with Crippen molar-refractivity contribution >= 4 is 23.3 Å². The largest absolute Gasteiger partial charge is 0.480 e. The zero-order chi connectivity index (χ0) is 15.2. The molecule has 0 bridgehead atoms. The molecule has 0 unspecified atom stereocenters. The van der Waals surface area contributed by atoms with E-state index in [0.717, 1.165) is 10.7 Å². The molecule has 1 saturated heterocycles.